The van der Waals surface area contributed by atoms with Crippen molar-refractivity contribution in [2.75, 3.05) is 13.1 Å². The van der Waals surface area contributed by atoms with Crippen molar-refractivity contribution in [3.8, 4) is 5.69 Å². The highest BCUT2D eigenvalue weighted by Gasteiger charge is 2.35. The Kier molecular flexibility index (Phi) is 6.44. The van der Waals surface area contributed by atoms with Crippen LogP contribution in [0.25, 0.3) is 11.2 Å². The third-order valence-electron chi connectivity index (χ3n) is 6.93. The Morgan fingerprint density at radius 2 is 2.03 bits per heavy atom. The van der Waals surface area contributed by atoms with Crippen LogP contribution < -0.4 is 16.7 Å². The van der Waals surface area contributed by atoms with Crippen LogP contribution in [-0.4, -0.2) is 36.8 Å². The Morgan fingerprint density at radius 1 is 1.22 bits per heavy atom. The van der Waals surface area contributed by atoms with Crippen LogP contribution in [0.1, 0.15) is 47.7 Å². The molecule has 0 aliphatic heterocycles. The number of pyridine rings is 1. The second-order valence-corrected chi connectivity index (χ2v) is 9.33. The fourth-order valence-electron chi connectivity index (χ4n) is 4.94. The number of nitrogens with two attached hydrogens (primary N) is 1. The van der Waals surface area contributed by atoms with Gasteiger partial charge in [0.15, 0.2) is 0 Å². The van der Waals surface area contributed by atoms with Crippen molar-refractivity contribution in [2.45, 2.75) is 37.9 Å². The molecule has 1 aliphatic carbocycles. The van der Waals surface area contributed by atoms with Crippen molar-refractivity contribution in [3.63, 3.8) is 0 Å². The standard InChI is InChI=1S/C25H28F3N7O/c1-33-15-31-32-23(33)22(17-4-2-5-17)18-6-3-7-19(11-18)34-14-21-20(25(26,27)28)10-16(12-30-9-8-29)13-35(21)24(34)36/h3,6-7,10-11,13-15,17,22,30H,2,4-5,8-9,12,29H2,1H3/t22-/m1/s1. The van der Waals surface area contributed by atoms with E-state index in [0.717, 1.165) is 41.1 Å². The minimum Gasteiger partial charge on any atom is -0.329 e. The van der Waals surface area contributed by atoms with Gasteiger partial charge in [-0.3, -0.25) is 8.97 Å². The van der Waals surface area contributed by atoms with Gasteiger partial charge in [-0.15, -0.1) is 10.2 Å². The molecular weight excluding hydrogens is 471 g/mol. The number of nitrogens with zero attached hydrogens (tertiary/aromatic N) is 5. The van der Waals surface area contributed by atoms with Gasteiger partial charge in [-0.2, -0.15) is 13.2 Å². The normalized spacial score (nSPS) is 15.4. The highest BCUT2D eigenvalue weighted by atomic mass is 19.4. The molecule has 1 saturated carbocycles. The van der Waals surface area contributed by atoms with Crippen molar-refractivity contribution in [3.05, 3.63) is 82.1 Å². The van der Waals surface area contributed by atoms with Gasteiger partial charge in [-0.05, 0) is 48.1 Å². The van der Waals surface area contributed by atoms with Gasteiger partial charge in [0.05, 0.1) is 16.8 Å². The largest absolute Gasteiger partial charge is 0.418 e. The van der Waals surface area contributed by atoms with Crippen molar-refractivity contribution >= 4 is 5.52 Å². The molecule has 0 radical (unpaired) electrons. The van der Waals surface area contributed by atoms with Crippen LogP contribution in [0.5, 0.6) is 0 Å². The number of fused-ring (bicyclic) bond motifs is 1. The predicted octanol–water partition coefficient (Wildman–Crippen LogP) is 3.22. The lowest BCUT2D eigenvalue weighted by molar-refractivity contribution is -0.136. The van der Waals surface area contributed by atoms with Crippen molar-refractivity contribution in [2.24, 2.45) is 18.7 Å². The molecule has 3 aromatic heterocycles. The fourth-order valence-corrected chi connectivity index (χ4v) is 4.94. The number of aryl methyl sites for hydroxylation is 1. The molecule has 4 aromatic rings. The molecule has 0 saturated heterocycles. The summed E-state index contributed by atoms with van der Waals surface area (Å²) in [4.78, 5) is 13.3. The number of imidazole rings is 1. The molecule has 5 rings (SSSR count). The number of halogens is 3. The molecule has 0 spiro atoms. The first kappa shape index (κ1) is 24.3. The Balaban J connectivity index is 1.61. The average molecular weight is 500 g/mol. The molecule has 1 atom stereocenters. The van der Waals surface area contributed by atoms with Crippen molar-refractivity contribution < 1.29 is 13.2 Å². The highest BCUT2D eigenvalue weighted by Crippen LogP contribution is 2.43. The Hall–Kier alpha value is -3.44. The number of benzene rings is 1. The van der Waals surface area contributed by atoms with Gasteiger partial charge >= 0.3 is 11.9 Å². The van der Waals surface area contributed by atoms with E-state index in [1.807, 2.05) is 29.8 Å². The van der Waals surface area contributed by atoms with Gasteiger partial charge in [0.2, 0.25) is 0 Å². The molecule has 1 fully saturated rings. The maximum atomic E-state index is 13.9. The summed E-state index contributed by atoms with van der Waals surface area (Å²) in [7, 11) is 1.90. The molecule has 11 heteroatoms. The van der Waals surface area contributed by atoms with E-state index < -0.39 is 17.4 Å². The summed E-state index contributed by atoms with van der Waals surface area (Å²) in [6.45, 7) is 0.983. The van der Waals surface area contributed by atoms with Crippen molar-refractivity contribution in [1.82, 2.24) is 29.0 Å². The van der Waals surface area contributed by atoms with E-state index >= 15 is 0 Å². The van der Waals surface area contributed by atoms with Crippen LogP contribution in [0.2, 0.25) is 0 Å². The van der Waals surface area contributed by atoms with Gasteiger partial charge in [0.25, 0.3) is 0 Å². The first-order valence-electron chi connectivity index (χ1n) is 12.0. The quantitative estimate of drug-likeness (QED) is 0.363. The molecule has 0 unspecified atom stereocenters. The maximum absolute atomic E-state index is 13.9. The van der Waals surface area contributed by atoms with Crippen LogP contribution >= 0.6 is 0 Å². The van der Waals surface area contributed by atoms with Crippen LogP contribution in [0, 0.1) is 5.92 Å². The number of nitrogens with one attached hydrogen (secondary N) is 1. The van der Waals surface area contributed by atoms with E-state index in [1.54, 1.807) is 12.4 Å². The SMILES string of the molecule is Cn1cnnc1[C@@H](c1cccc(-n2cc3c(C(F)(F)F)cc(CNCCN)cn3c2=O)c1)C1CCC1. The number of hydrogen-bond donors (Lipinski definition) is 2. The summed E-state index contributed by atoms with van der Waals surface area (Å²) in [5.74, 6) is 1.22. The lowest BCUT2D eigenvalue weighted by atomic mass is 9.72. The van der Waals surface area contributed by atoms with E-state index in [0.29, 0.717) is 30.3 Å². The molecule has 3 N–H and O–H groups in total. The minimum atomic E-state index is -4.61. The van der Waals surface area contributed by atoms with Crippen LogP contribution in [0.15, 0.2) is 53.8 Å². The molecule has 1 aliphatic rings. The van der Waals surface area contributed by atoms with Crippen LogP contribution in [0.3, 0.4) is 0 Å². The predicted molar refractivity (Wildman–Crippen MR) is 129 cm³/mol. The highest BCUT2D eigenvalue weighted by molar-refractivity contribution is 5.58. The average Bonchev–Trinajstić information content (AvgIpc) is 3.38. The monoisotopic (exact) mass is 499 g/mol. The molecule has 190 valence electrons. The number of aromatic nitrogens is 5. The number of rotatable bonds is 8. The van der Waals surface area contributed by atoms with Crippen LogP contribution in [0.4, 0.5) is 13.2 Å². The molecule has 3 heterocycles. The smallest absolute Gasteiger partial charge is 0.329 e. The summed E-state index contributed by atoms with van der Waals surface area (Å²) in [5.41, 5.74) is 5.67. The van der Waals surface area contributed by atoms with Gasteiger partial charge < -0.3 is 15.6 Å². The van der Waals surface area contributed by atoms with Crippen LogP contribution in [-0.2, 0) is 19.8 Å². The molecule has 8 nitrogen and oxygen atoms in total. The summed E-state index contributed by atoms with van der Waals surface area (Å²) < 4.78 is 46.1. The Bertz CT molecular complexity index is 1430. The molecule has 0 amide bonds. The molecular formula is C25H28F3N7O. The summed E-state index contributed by atoms with van der Waals surface area (Å²) in [6, 6.07) is 8.49. The summed E-state index contributed by atoms with van der Waals surface area (Å²) in [5, 5.41) is 11.4. The molecule has 0 bridgehead atoms. The second kappa shape index (κ2) is 9.55. The number of alkyl halides is 3. The first-order valence-corrected chi connectivity index (χ1v) is 12.0. The van der Waals surface area contributed by atoms with Crippen molar-refractivity contribution in [1.29, 1.82) is 0 Å². The van der Waals surface area contributed by atoms with E-state index in [4.69, 9.17) is 5.73 Å². The molecule has 1 aromatic carbocycles. The van der Waals surface area contributed by atoms with E-state index in [9.17, 15) is 18.0 Å². The van der Waals surface area contributed by atoms with E-state index in [1.165, 1.54) is 17.0 Å². The summed E-state index contributed by atoms with van der Waals surface area (Å²) in [6.07, 6.45) is 3.04. The minimum absolute atomic E-state index is 0.00936. The van der Waals surface area contributed by atoms with Gasteiger partial charge in [0, 0.05) is 45.0 Å². The lowest BCUT2D eigenvalue weighted by Crippen LogP contribution is -2.25. The topological polar surface area (TPSA) is 95.2 Å². The number of hydrogen-bond acceptors (Lipinski definition) is 5. The van der Waals surface area contributed by atoms with E-state index in [-0.39, 0.29) is 18.0 Å². The van der Waals surface area contributed by atoms with Gasteiger partial charge in [-0.1, -0.05) is 18.6 Å². The Morgan fingerprint density at radius 3 is 2.67 bits per heavy atom. The Labute approximate surface area is 205 Å². The molecule has 36 heavy (non-hydrogen) atoms. The fraction of sp³-hybridized carbons (Fsp3) is 0.400. The maximum Gasteiger partial charge on any atom is 0.418 e. The lowest BCUT2D eigenvalue weighted by Gasteiger charge is -2.33. The first-order chi connectivity index (χ1) is 17.3. The third kappa shape index (κ3) is 4.44. The zero-order valence-corrected chi connectivity index (χ0v) is 19.9. The summed E-state index contributed by atoms with van der Waals surface area (Å²) >= 11 is 0. The van der Waals surface area contributed by atoms with Gasteiger partial charge in [0.1, 0.15) is 12.2 Å². The third-order valence-corrected chi connectivity index (χ3v) is 6.93. The van der Waals surface area contributed by atoms with Gasteiger partial charge in [-0.25, -0.2) is 4.79 Å². The zero-order valence-electron chi connectivity index (χ0n) is 19.9. The second-order valence-electron chi connectivity index (χ2n) is 9.33. The zero-order chi connectivity index (χ0) is 25.4. The van der Waals surface area contributed by atoms with E-state index in [2.05, 4.69) is 15.5 Å².